The first kappa shape index (κ1) is 12.5. The Kier molecular flexibility index (Phi) is 3.72. The molecule has 2 heteroatoms. The topological polar surface area (TPSA) is 12.0 Å². The summed E-state index contributed by atoms with van der Waals surface area (Å²) in [4.78, 5) is 1.34. The average Bonchev–Trinajstić information content (AvgIpc) is 2.47. The number of thioether (sulfide) groups is 1. The molecule has 0 bridgehead atoms. The molecule has 0 radical (unpaired) electrons. The second-order valence-corrected chi connectivity index (χ2v) is 5.54. The maximum absolute atomic E-state index is 3.46. The summed E-state index contributed by atoms with van der Waals surface area (Å²) in [6.07, 6.45) is 4.53. The number of hydrogen-bond acceptors (Lipinski definition) is 2. The number of benzene rings is 2. The zero-order valence-corrected chi connectivity index (χ0v) is 11.8. The van der Waals surface area contributed by atoms with Gasteiger partial charge in [-0.15, -0.1) is 0 Å². The predicted octanol–water partition coefficient (Wildman–Crippen LogP) is 4.42. The van der Waals surface area contributed by atoms with Crippen molar-refractivity contribution in [2.75, 3.05) is 6.54 Å². The van der Waals surface area contributed by atoms with Crippen LogP contribution in [0, 0.1) is 0 Å². The van der Waals surface area contributed by atoms with Gasteiger partial charge in [0.25, 0.3) is 0 Å². The van der Waals surface area contributed by atoms with Gasteiger partial charge in [0.05, 0.1) is 0 Å². The highest BCUT2D eigenvalue weighted by atomic mass is 32.2. The molecule has 1 aliphatic heterocycles. The summed E-state index contributed by atoms with van der Waals surface area (Å²) < 4.78 is 0. The van der Waals surface area contributed by atoms with E-state index >= 15 is 0 Å². The molecule has 0 aliphatic carbocycles. The van der Waals surface area contributed by atoms with Crippen LogP contribution in [0.4, 0.5) is 0 Å². The lowest BCUT2D eigenvalue weighted by molar-refractivity contribution is 0.708. The molecule has 2 aromatic rings. The molecule has 3 rings (SSSR count). The Morgan fingerprint density at radius 1 is 1.11 bits per heavy atom. The van der Waals surface area contributed by atoms with Gasteiger partial charge in [-0.2, -0.15) is 0 Å². The lowest BCUT2D eigenvalue weighted by Gasteiger charge is -2.17. The second-order valence-electron chi connectivity index (χ2n) is 4.59. The molecule has 0 aromatic heterocycles. The first-order valence-corrected chi connectivity index (χ1v) is 7.53. The van der Waals surface area contributed by atoms with Gasteiger partial charge in [-0.3, -0.25) is 0 Å². The van der Waals surface area contributed by atoms with E-state index in [4.69, 9.17) is 0 Å². The van der Waals surface area contributed by atoms with E-state index in [9.17, 15) is 0 Å². The van der Waals surface area contributed by atoms with Crippen LogP contribution in [0.15, 0.2) is 60.0 Å². The molecule has 1 atom stereocenters. The average molecular weight is 267 g/mol. The predicted molar refractivity (Wildman–Crippen MR) is 86.1 cm³/mol. The van der Waals surface area contributed by atoms with Crippen molar-refractivity contribution in [1.82, 2.24) is 5.32 Å². The largest absolute Gasteiger partial charge is 0.307 e. The summed E-state index contributed by atoms with van der Waals surface area (Å²) in [5.41, 5.74) is 1.33. The molecular weight excluding hydrogens is 250 g/mol. The Morgan fingerprint density at radius 2 is 1.95 bits per heavy atom. The fraction of sp³-hybridized carbons (Fsp3) is 0.176. The van der Waals surface area contributed by atoms with Crippen molar-refractivity contribution in [2.45, 2.75) is 13.0 Å². The quantitative estimate of drug-likeness (QED) is 0.883. The Bertz CT molecular complexity index is 637. The van der Waals surface area contributed by atoms with Gasteiger partial charge >= 0.3 is 0 Å². The SMILES string of the molecule is CCNC1C=CSC(c2cccc3ccccc23)=C1. The molecule has 2 aromatic carbocycles. The van der Waals surface area contributed by atoms with Gasteiger partial charge in [0.2, 0.25) is 0 Å². The van der Waals surface area contributed by atoms with E-state index < -0.39 is 0 Å². The standard InChI is InChI=1S/C17H17NS/c1-2-18-14-10-11-19-17(12-14)16-9-5-7-13-6-3-4-8-15(13)16/h3-12,14,18H,2H2,1H3. The molecule has 0 fully saturated rings. The van der Waals surface area contributed by atoms with Gasteiger partial charge in [0.15, 0.2) is 0 Å². The van der Waals surface area contributed by atoms with E-state index in [0.717, 1.165) is 6.54 Å². The monoisotopic (exact) mass is 267 g/mol. The van der Waals surface area contributed by atoms with Crippen molar-refractivity contribution in [3.8, 4) is 0 Å². The Morgan fingerprint density at radius 3 is 2.84 bits per heavy atom. The van der Waals surface area contributed by atoms with Gasteiger partial charge in [0, 0.05) is 10.9 Å². The van der Waals surface area contributed by atoms with Gasteiger partial charge < -0.3 is 5.32 Å². The van der Waals surface area contributed by atoms with Crippen LogP contribution in [0.1, 0.15) is 12.5 Å². The van der Waals surface area contributed by atoms with Gasteiger partial charge in [0.1, 0.15) is 0 Å². The third-order valence-electron chi connectivity index (χ3n) is 3.31. The van der Waals surface area contributed by atoms with Crippen LogP contribution in [0.3, 0.4) is 0 Å². The van der Waals surface area contributed by atoms with Gasteiger partial charge in [-0.25, -0.2) is 0 Å². The lowest BCUT2D eigenvalue weighted by Crippen LogP contribution is -2.25. The first-order chi connectivity index (χ1) is 9.38. The Balaban J connectivity index is 2.05. The summed E-state index contributed by atoms with van der Waals surface area (Å²) in [5.74, 6) is 0. The summed E-state index contributed by atoms with van der Waals surface area (Å²) in [6.45, 7) is 3.13. The molecule has 1 heterocycles. The molecule has 0 spiro atoms. The second kappa shape index (κ2) is 5.64. The fourth-order valence-electron chi connectivity index (χ4n) is 2.41. The van der Waals surface area contributed by atoms with Crippen molar-refractivity contribution < 1.29 is 0 Å². The normalized spacial score (nSPS) is 18.6. The number of nitrogens with one attached hydrogen (secondary N) is 1. The minimum absolute atomic E-state index is 0.347. The van der Waals surface area contributed by atoms with Crippen LogP contribution < -0.4 is 5.32 Å². The molecule has 0 saturated carbocycles. The fourth-order valence-corrected chi connectivity index (χ4v) is 3.34. The highest BCUT2D eigenvalue weighted by Crippen LogP contribution is 2.35. The molecule has 1 N–H and O–H groups in total. The number of rotatable bonds is 3. The molecule has 1 unspecified atom stereocenters. The summed E-state index contributed by atoms with van der Waals surface area (Å²) in [6, 6.07) is 15.4. The highest BCUT2D eigenvalue weighted by Gasteiger charge is 2.11. The summed E-state index contributed by atoms with van der Waals surface area (Å²) in [7, 11) is 0. The minimum Gasteiger partial charge on any atom is -0.307 e. The summed E-state index contributed by atoms with van der Waals surface area (Å²) >= 11 is 1.80. The van der Waals surface area contributed by atoms with E-state index in [2.05, 4.69) is 72.3 Å². The van der Waals surface area contributed by atoms with Crippen molar-refractivity contribution in [3.05, 3.63) is 65.6 Å². The van der Waals surface area contributed by atoms with Gasteiger partial charge in [-0.05, 0) is 34.4 Å². The molecular formula is C17H17NS. The van der Waals surface area contributed by atoms with Crippen molar-refractivity contribution in [1.29, 1.82) is 0 Å². The van der Waals surface area contributed by atoms with Crippen LogP contribution in [-0.4, -0.2) is 12.6 Å². The molecule has 96 valence electrons. The van der Waals surface area contributed by atoms with E-state index in [1.807, 2.05) is 0 Å². The van der Waals surface area contributed by atoms with E-state index in [0.29, 0.717) is 6.04 Å². The maximum atomic E-state index is 3.46. The first-order valence-electron chi connectivity index (χ1n) is 6.65. The molecule has 0 amide bonds. The van der Waals surface area contributed by atoms with E-state index in [-0.39, 0.29) is 0 Å². The highest BCUT2D eigenvalue weighted by molar-refractivity contribution is 8.11. The minimum atomic E-state index is 0.347. The molecule has 0 saturated heterocycles. The molecule has 1 aliphatic rings. The Hall–Kier alpha value is -1.51. The summed E-state index contributed by atoms with van der Waals surface area (Å²) in [5, 5.41) is 8.27. The number of fused-ring (bicyclic) bond motifs is 1. The zero-order valence-electron chi connectivity index (χ0n) is 11.0. The zero-order chi connectivity index (χ0) is 13.1. The number of likely N-dealkylation sites (N-methyl/N-ethyl adjacent to an activating group) is 1. The maximum Gasteiger partial charge on any atom is 0.0457 e. The van der Waals surface area contributed by atoms with Crippen LogP contribution in [0.5, 0.6) is 0 Å². The third kappa shape index (κ3) is 2.60. The van der Waals surface area contributed by atoms with Crippen LogP contribution >= 0.6 is 11.8 Å². The van der Waals surface area contributed by atoms with E-state index in [1.165, 1.54) is 21.2 Å². The van der Waals surface area contributed by atoms with E-state index in [1.54, 1.807) is 11.8 Å². The molecule has 1 nitrogen and oxygen atoms in total. The van der Waals surface area contributed by atoms with Crippen LogP contribution in [0.2, 0.25) is 0 Å². The number of hydrogen-bond donors (Lipinski definition) is 1. The van der Waals surface area contributed by atoms with Crippen LogP contribution in [-0.2, 0) is 0 Å². The third-order valence-corrected chi connectivity index (χ3v) is 4.21. The van der Waals surface area contributed by atoms with Crippen LogP contribution in [0.25, 0.3) is 15.7 Å². The molecule has 19 heavy (non-hydrogen) atoms. The van der Waals surface area contributed by atoms with Crippen molar-refractivity contribution in [3.63, 3.8) is 0 Å². The Labute approximate surface area is 118 Å². The lowest BCUT2D eigenvalue weighted by atomic mass is 10.0. The van der Waals surface area contributed by atoms with Crippen molar-refractivity contribution in [2.24, 2.45) is 0 Å². The van der Waals surface area contributed by atoms with Gasteiger partial charge in [-0.1, -0.05) is 67.2 Å². The van der Waals surface area contributed by atoms with Crippen molar-refractivity contribution >= 4 is 27.4 Å². The smallest absolute Gasteiger partial charge is 0.0457 e.